The van der Waals surface area contributed by atoms with Gasteiger partial charge in [-0.15, -0.1) is 0 Å². The maximum atomic E-state index is 11.2. The molecule has 1 amide bonds. The molecule has 0 radical (unpaired) electrons. The van der Waals surface area contributed by atoms with E-state index in [9.17, 15) is 9.59 Å². The number of carbonyl (C=O) groups is 2. The Balaban J connectivity index is 2.31. The summed E-state index contributed by atoms with van der Waals surface area (Å²) in [6.45, 7) is 0.581. The van der Waals surface area contributed by atoms with Crippen molar-refractivity contribution in [3.05, 3.63) is 0 Å². The molecule has 1 saturated heterocycles. The Morgan fingerprint density at radius 2 is 2.54 bits per heavy atom. The molecule has 0 spiro atoms. The molecule has 1 N–H and O–H groups in total. The summed E-state index contributed by atoms with van der Waals surface area (Å²) in [7, 11) is 0. The van der Waals surface area contributed by atoms with Crippen molar-refractivity contribution in [3.63, 3.8) is 0 Å². The van der Waals surface area contributed by atoms with Gasteiger partial charge < -0.3 is 10.1 Å². The van der Waals surface area contributed by atoms with Gasteiger partial charge in [-0.1, -0.05) is 0 Å². The van der Waals surface area contributed by atoms with E-state index in [0.717, 1.165) is 0 Å². The summed E-state index contributed by atoms with van der Waals surface area (Å²) in [5.41, 5.74) is 0. The van der Waals surface area contributed by atoms with Crippen molar-refractivity contribution in [2.24, 2.45) is 0 Å². The predicted molar refractivity (Wildman–Crippen MR) is 42.6 cm³/mol. The molecule has 5 heteroatoms. The molecule has 0 aliphatic carbocycles. The van der Waals surface area contributed by atoms with Crippen molar-refractivity contribution in [1.29, 1.82) is 5.26 Å². The Bertz CT molecular complexity index is 257. The molecule has 1 heterocycles. The van der Waals surface area contributed by atoms with Crippen LogP contribution in [0.5, 0.6) is 0 Å². The van der Waals surface area contributed by atoms with Gasteiger partial charge in [0.15, 0.2) is 11.9 Å². The molecule has 1 rings (SSSR count). The first-order chi connectivity index (χ1) is 6.25. The quantitative estimate of drug-likeness (QED) is 0.465. The van der Waals surface area contributed by atoms with E-state index in [1.54, 1.807) is 0 Å². The number of hydrogen-bond acceptors (Lipinski definition) is 4. The Morgan fingerprint density at radius 1 is 1.77 bits per heavy atom. The smallest absolute Gasteiger partial charge is 0.256 e. The minimum absolute atomic E-state index is 0.186. The summed E-state index contributed by atoms with van der Waals surface area (Å²) in [6.07, 6.45) is -0.401. The lowest BCUT2D eigenvalue weighted by Gasteiger charge is -2.07. The lowest BCUT2D eigenvalue weighted by atomic mass is 10.2. The van der Waals surface area contributed by atoms with Gasteiger partial charge in [0.2, 0.25) is 0 Å². The largest absolute Gasteiger partial charge is 0.360 e. The minimum Gasteiger partial charge on any atom is -0.360 e. The van der Waals surface area contributed by atoms with Crippen LogP contribution in [-0.2, 0) is 14.3 Å². The van der Waals surface area contributed by atoms with Gasteiger partial charge in [-0.25, -0.2) is 0 Å². The summed E-state index contributed by atoms with van der Waals surface area (Å²) in [5.74, 6) is -0.618. The van der Waals surface area contributed by atoms with Crippen LogP contribution < -0.4 is 5.32 Å². The standard InChI is InChI=1S/C8H10N2O3/c9-3-1-4-10-8(12)7-6(11)2-5-13-7/h7H,1-2,4-5H2,(H,10,12). The van der Waals surface area contributed by atoms with Crippen LogP contribution in [0.2, 0.25) is 0 Å². The van der Waals surface area contributed by atoms with Crippen molar-refractivity contribution >= 4 is 11.7 Å². The second-order valence-corrected chi connectivity index (χ2v) is 2.67. The molecule has 1 aliphatic heterocycles. The van der Waals surface area contributed by atoms with Gasteiger partial charge in [-0.05, 0) is 0 Å². The van der Waals surface area contributed by atoms with Crippen LogP contribution in [0, 0.1) is 11.3 Å². The predicted octanol–water partition coefficient (Wildman–Crippen LogP) is -0.626. The lowest BCUT2D eigenvalue weighted by Crippen LogP contribution is -2.38. The van der Waals surface area contributed by atoms with Gasteiger partial charge in [0.05, 0.1) is 19.1 Å². The van der Waals surface area contributed by atoms with E-state index in [-0.39, 0.29) is 18.7 Å². The van der Waals surface area contributed by atoms with Crippen molar-refractivity contribution in [2.45, 2.75) is 18.9 Å². The van der Waals surface area contributed by atoms with Crippen LogP contribution in [0.15, 0.2) is 0 Å². The maximum absolute atomic E-state index is 11.2. The van der Waals surface area contributed by atoms with Crippen molar-refractivity contribution in [3.8, 4) is 6.07 Å². The van der Waals surface area contributed by atoms with Crippen LogP contribution >= 0.6 is 0 Å². The molecule has 5 nitrogen and oxygen atoms in total. The summed E-state index contributed by atoms with van der Waals surface area (Å²) in [4.78, 5) is 22.2. The average molecular weight is 182 g/mol. The summed E-state index contributed by atoms with van der Waals surface area (Å²) in [6, 6.07) is 1.88. The van der Waals surface area contributed by atoms with Crippen LogP contribution in [0.25, 0.3) is 0 Å². The number of ether oxygens (including phenoxy) is 1. The minimum atomic E-state index is -0.946. The number of amides is 1. The highest BCUT2D eigenvalue weighted by Crippen LogP contribution is 2.07. The fourth-order valence-electron chi connectivity index (χ4n) is 1.06. The Hall–Kier alpha value is -1.41. The number of rotatable bonds is 3. The molecular formula is C8H10N2O3. The first kappa shape index (κ1) is 9.68. The first-order valence-electron chi connectivity index (χ1n) is 4.04. The van der Waals surface area contributed by atoms with E-state index >= 15 is 0 Å². The fourth-order valence-corrected chi connectivity index (χ4v) is 1.06. The zero-order valence-corrected chi connectivity index (χ0v) is 7.08. The number of Topliss-reactive ketones (excluding diaryl/α,β-unsaturated/α-hetero) is 1. The zero-order valence-electron chi connectivity index (χ0n) is 7.08. The molecule has 1 atom stereocenters. The number of nitrogens with one attached hydrogen (secondary N) is 1. The molecule has 1 aliphatic rings. The third kappa shape index (κ3) is 2.53. The van der Waals surface area contributed by atoms with Gasteiger partial charge in [-0.2, -0.15) is 5.26 Å². The Labute approximate surface area is 75.7 Å². The molecule has 0 bridgehead atoms. The lowest BCUT2D eigenvalue weighted by molar-refractivity contribution is -0.137. The van der Waals surface area contributed by atoms with Crippen LogP contribution in [0.3, 0.4) is 0 Å². The SMILES string of the molecule is N#CCCNC(=O)C1OCCC1=O. The molecule has 1 fully saturated rings. The van der Waals surface area contributed by atoms with Gasteiger partial charge in [0.25, 0.3) is 5.91 Å². The molecule has 0 aromatic carbocycles. The third-order valence-electron chi connectivity index (χ3n) is 1.70. The highest BCUT2D eigenvalue weighted by Gasteiger charge is 2.31. The Kier molecular flexibility index (Phi) is 3.41. The normalized spacial score (nSPS) is 21.2. The number of nitrogens with zero attached hydrogens (tertiary/aromatic N) is 1. The number of ketones is 1. The summed E-state index contributed by atoms with van der Waals surface area (Å²) in [5, 5.41) is 10.6. The summed E-state index contributed by atoms with van der Waals surface area (Å²) >= 11 is 0. The van der Waals surface area contributed by atoms with E-state index in [1.807, 2.05) is 6.07 Å². The van der Waals surface area contributed by atoms with Crippen LogP contribution in [0.4, 0.5) is 0 Å². The maximum Gasteiger partial charge on any atom is 0.256 e. The van der Waals surface area contributed by atoms with E-state index < -0.39 is 12.0 Å². The van der Waals surface area contributed by atoms with Crippen molar-refractivity contribution in [2.75, 3.05) is 13.2 Å². The van der Waals surface area contributed by atoms with E-state index in [4.69, 9.17) is 10.00 Å². The molecule has 0 aromatic heterocycles. The average Bonchev–Trinajstić information content (AvgIpc) is 2.52. The third-order valence-corrected chi connectivity index (χ3v) is 1.70. The molecule has 13 heavy (non-hydrogen) atoms. The topological polar surface area (TPSA) is 79.2 Å². The Morgan fingerprint density at radius 3 is 3.08 bits per heavy atom. The van der Waals surface area contributed by atoms with Gasteiger partial charge in [0, 0.05) is 13.0 Å². The van der Waals surface area contributed by atoms with Crippen molar-refractivity contribution in [1.82, 2.24) is 5.32 Å². The zero-order chi connectivity index (χ0) is 9.68. The van der Waals surface area contributed by atoms with Crippen molar-refractivity contribution < 1.29 is 14.3 Å². The molecule has 0 saturated carbocycles. The monoisotopic (exact) mass is 182 g/mol. The van der Waals surface area contributed by atoms with Gasteiger partial charge in [-0.3, -0.25) is 9.59 Å². The summed E-state index contributed by atoms with van der Waals surface area (Å²) < 4.78 is 4.91. The van der Waals surface area contributed by atoms with E-state index in [2.05, 4.69) is 5.32 Å². The van der Waals surface area contributed by atoms with E-state index in [1.165, 1.54) is 0 Å². The fraction of sp³-hybridized carbons (Fsp3) is 0.625. The molecular weight excluding hydrogens is 172 g/mol. The number of carbonyl (C=O) groups excluding carboxylic acids is 2. The second kappa shape index (κ2) is 4.58. The highest BCUT2D eigenvalue weighted by molar-refractivity contribution is 6.05. The van der Waals surface area contributed by atoms with E-state index in [0.29, 0.717) is 13.0 Å². The van der Waals surface area contributed by atoms with Gasteiger partial charge >= 0.3 is 0 Å². The van der Waals surface area contributed by atoms with Crippen LogP contribution in [0.1, 0.15) is 12.8 Å². The molecule has 0 aromatic rings. The van der Waals surface area contributed by atoms with Gasteiger partial charge in [0.1, 0.15) is 0 Å². The molecule has 70 valence electrons. The second-order valence-electron chi connectivity index (χ2n) is 2.67. The van der Waals surface area contributed by atoms with Crippen LogP contribution in [-0.4, -0.2) is 30.9 Å². The molecule has 1 unspecified atom stereocenters. The number of nitriles is 1. The number of hydrogen-bond donors (Lipinski definition) is 1. The highest BCUT2D eigenvalue weighted by atomic mass is 16.5. The first-order valence-corrected chi connectivity index (χ1v) is 4.04.